The van der Waals surface area contributed by atoms with Gasteiger partial charge in [-0.1, -0.05) is 18.2 Å². The van der Waals surface area contributed by atoms with Crippen molar-refractivity contribution < 1.29 is 13.8 Å². The molecule has 0 aliphatic carbocycles. The lowest BCUT2D eigenvalue weighted by atomic mass is 10.1. The molecule has 0 saturated heterocycles. The predicted molar refractivity (Wildman–Crippen MR) is 111 cm³/mol. The summed E-state index contributed by atoms with van der Waals surface area (Å²) in [7, 11) is -0.611. The smallest absolute Gasteiger partial charge is 0.256 e. The summed E-state index contributed by atoms with van der Waals surface area (Å²) < 4.78 is 9.56. The van der Waals surface area contributed by atoms with Gasteiger partial charge in [0.1, 0.15) is 11.6 Å². The number of hydrogen-bond donors (Lipinski definition) is 2. The minimum absolute atomic E-state index is 0.332. The summed E-state index contributed by atoms with van der Waals surface area (Å²) in [6.45, 7) is 0. The molecule has 1 aromatic carbocycles. The first-order valence-electron chi connectivity index (χ1n) is 8.25. The lowest BCUT2D eigenvalue weighted by Gasteiger charge is -2.07. The zero-order valence-corrected chi connectivity index (χ0v) is 16.3. The number of pyridine rings is 2. The Hall–Kier alpha value is -3.39. The summed E-state index contributed by atoms with van der Waals surface area (Å²) in [6.07, 6.45) is 6.46. The number of aromatic nitrogens is 2. The molecule has 0 unspecified atom stereocenters. The highest BCUT2D eigenvalue weighted by Gasteiger charge is 2.11. The lowest BCUT2D eigenvalue weighted by molar-refractivity contribution is 0.102. The number of nitrogens with zero attached hydrogens (tertiary/aromatic N) is 2. The van der Waals surface area contributed by atoms with Crippen molar-refractivity contribution >= 4 is 34.2 Å². The number of amides is 2. The molecule has 0 atom stereocenters. The summed E-state index contributed by atoms with van der Waals surface area (Å²) in [5.41, 5.74) is 0.739. The minimum Gasteiger partial charge on any atom is -0.307 e. The second kappa shape index (κ2) is 10.7. The van der Waals surface area contributed by atoms with Crippen LogP contribution < -0.4 is 10.6 Å². The van der Waals surface area contributed by atoms with E-state index >= 15 is 0 Å². The Kier molecular flexibility index (Phi) is 7.98. The molecule has 2 heterocycles. The van der Waals surface area contributed by atoms with Gasteiger partial charge < -0.3 is 10.6 Å². The van der Waals surface area contributed by atoms with E-state index in [1.54, 1.807) is 79.5 Å². The van der Waals surface area contributed by atoms with Crippen molar-refractivity contribution in [2.75, 3.05) is 23.1 Å². The van der Waals surface area contributed by atoms with E-state index in [0.717, 1.165) is 0 Å². The summed E-state index contributed by atoms with van der Waals surface area (Å²) in [5.74, 6) is 0.235. The summed E-state index contributed by atoms with van der Waals surface area (Å²) in [6, 6.07) is 16.9. The number of rotatable bonds is 4. The van der Waals surface area contributed by atoms with Gasteiger partial charge in [-0.15, -0.1) is 0 Å². The SMILES string of the molecule is CS(C)=O.O=C(Nc1ccccn1)c1cccc(C(=O)Nc2ccccn2)c1. The van der Waals surface area contributed by atoms with Crippen LogP contribution in [0.25, 0.3) is 0 Å². The third-order valence-corrected chi connectivity index (χ3v) is 3.20. The molecule has 0 radical (unpaired) electrons. The Morgan fingerprint density at radius 2 is 1.18 bits per heavy atom. The fourth-order valence-corrected chi connectivity index (χ4v) is 2.05. The predicted octanol–water partition coefficient (Wildman–Crippen LogP) is 2.98. The van der Waals surface area contributed by atoms with E-state index in [1.807, 2.05) is 0 Å². The van der Waals surface area contributed by atoms with Crippen LogP contribution in [0.15, 0.2) is 73.1 Å². The second-order valence-electron chi connectivity index (χ2n) is 5.66. The molecule has 0 aliphatic heterocycles. The molecular weight excluding hydrogens is 376 g/mol. The van der Waals surface area contributed by atoms with Gasteiger partial charge >= 0.3 is 0 Å². The van der Waals surface area contributed by atoms with E-state index in [4.69, 9.17) is 0 Å². The number of hydrogen-bond acceptors (Lipinski definition) is 5. The zero-order chi connectivity index (χ0) is 20.4. The van der Waals surface area contributed by atoms with Crippen LogP contribution in [0.3, 0.4) is 0 Å². The Balaban J connectivity index is 0.000000640. The van der Waals surface area contributed by atoms with E-state index in [-0.39, 0.29) is 11.8 Å². The van der Waals surface area contributed by atoms with Crippen molar-refractivity contribution in [2.24, 2.45) is 0 Å². The highest BCUT2D eigenvalue weighted by molar-refractivity contribution is 7.83. The maximum absolute atomic E-state index is 12.3. The fraction of sp³-hybridized carbons (Fsp3) is 0.100. The average Bonchev–Trinajstić information content (AvgIpc) is 2.69. The molecule has 0 bridgehead atoms. The first-order valence-corrected chi connectivity index (χ1v) is 10.2. The maximum Gasteiger partial charge on any atom is 0.256 e. The number of carbonyl (C=O) groups excluding carboxylic acids is 2. The molecule has 0 fully saturated rings. The van der Waals surface area contributed by atoms with Crippen LogP contribution in [0.1, 0.15) is 20.7 Å². The number of carbonyl (C=O) groups is 2. The Morgan fingerprint density at radius 1 is 0.750 bits per heavy atom. The van der Waals surface area contributed by atoms with Gasteiger partial charge in [-0.25, -0.2) is 9.97 Å². The molecule has 2 amide bonds. The first kappa shape index (κ1) is 20.9. The highest BCUT2D eigenvalue weighted by Crippen LogP contribution is 2.11. The molecule has 3 rings (SSSR count). The van der Waals surface area contributed by atoms with Gasteiger partial charge in [-0.05, 0) is 42.5 Å². The van der Waals surface area contributed by atoms with E-state index in [1.165, 1.54) is 6.07 Å². The zero-order valence-electron chi connectivity index (χ0n) is 15.5. The Bertz CT molecular complexity index is 877. The first-order chi connectivity index (χ1) is 13.5. The number of nitrogens with one attached hydrogen (secondary N) is 2. The minimum atomic E-state index is -0.611. The molecule has 28 heavy (non-hydrogen) atoms. The normalized spacial score (nSPS) is 9.82. The Labute approximate surface area is 165 Å². The number of anilines is 2. The van der Waals surface area contributed by atoms with Gasteiger partial charge in [0, 0.05) is 46.8 Å². The fourth-order valence-electron chi connectivity index (χ4n) is 2.05. The highest BCUT2D eigenvalue weighted by atomic mass is 32.2. The van der Waals surface area contributed by atoms with E-state index in [9.17, 15) is 13.8 Å². The van der Waals surface area contributed by atoms with Crippen molar-refractivity contribution in [3.05, 3.63) is 84.2 Å². The second-order valence-corrected chi connectivity index (χ2v) is 7.14. The average molecular weight is 396 g/mol. The summed E-state index contributed by atoms with van der Waals surface area (Å²) >= 11 is 0. The molecule has 3 aromatic rings. The van der Waals surface area contributed by atoms with Crippen molar-refractivity contribution in [3.63, 3.8) is 0 Å². The van der Waals surface area contributed by atoms with Crippen molar-refractivity contribution in [1.29, 1.82) is 0 Å². The monoisotopic (exact) mass is 396 g/mol. The van der Waals surface area contributed by atoms with Gasteiger partial charge in [0.25, 0.3) is 11.8 Å². The summed E-state index contributed by atoms with van der Waals surface area (Å²) in [4.78, 5) is 32.6. The molecular formula is C20H20N4O3S. The molecule has 2 N–H and O–H groups in total. The van der Waals surface area contributed by atoms with Crippen LogP contribution in [-0.2, 0) is 10.8 Å². The van der Waals surface area contributed by atoms with Gasteiger partial charge in [-0.3, -0.25) is 13.8 Å². The van der Waals surface area contributed by atoms with Gasteiger partial charge in [-0.2, -0.15) is 0 Å². The van der Waals surface area contributed by atoms with E-state index in [0.29, 0.717) is 22.8 Å². The Morgan fingerprint density at radius 3 is 1.54 bits per heavy atom. The third kappa shape index (κ3) is 7.08. The van der Waals surface area contributed by atoms with Crippen LogP contribution in [0.4, 0.5) is 11.6 Å². The van der Waals surface area contributed by atoms with Gasteiger partial charge in [0.15, 0.2) is 0 Å². The third-order valence-electron chi connectivity index (χ3n) is 3.20. The molecule has 0 saturated carbocycles. The maximum atomic E-state index is 12.3. The molecule has 0 spiro atoms. The standard InChI is InChI=1S/C18H14N4O2.C2H6OS/c23-17(21-15-8-1-3-10-19-15)13-6-5-7-14(12-13)18(24)22-16-9-2-4-11-20-16;1-4(2)3/h1-12H,(H,19,21,23)(H,20,22,24);1-2H3. The van der Waals surface area contributed by atoms with Crippen LogP contribution in [0, 0.1) is 0 Å². The quantitative estimate of drug-likeness (QED) is 0.706. The molecule has 7 nitrogen and oxygen atoms in total. The van der Waals surface area contributed by atoms with Crippen molar-refractivity contribution in [2.45, 2.75) is 0 Å². The molecule has 2 aromatic heterocycles. The van der Waals surface area contributed by atoms with E-state index in [2.05, 4.69) is 20.6 Å². The van der Waals surface area contributed by atoms with Crippen LogP contribution in [0.2, 0.25) is 0 Å². The van der Waals surface area contributed by atoms with Crippen LogP contribution in [-0.4, -0.2) is 38.5 Å². The topological polar surface area (TPSA) is 101 Å². The molecule has 144 valence electrons. The van der Waals surface area contributed by atoms with Gasteiger partial charge in [0.05, 0.1) is 0 Å². The van der Waals surface area contributed by atoms with Gasteiger partial charge in [0.2, 0.25) is 0 Å². The molecule has 8 heteroatoms. The van der Waals surface area contributed by atoms with Crippen molar-refractivity contribution in [3.8, 4) is 0 Å². The largest absolute Gasteiger partial charge is 0.307 e. The lowest BCUT2D eigenvalue weighted by Crippen LogP contribution is -2.16. The molecule has 0 aliphatic rings. The van der Waals surface area contributed by atoms with Crippen molar-refractivity contribution in [1.82, 2.24) is 9.97 Å². The summed E-state index contributed by atoms with van der Waals surface area (Å²) in [5, 5.41) is 5.36. The van der Waals surface area contributed by atoms with Crippen LogP contribution in [0.5, 0.6) is 0 Å². The number of benzene rings is 1. The van der Waals surface area contributed by atoms with E-state index < -0.39 is 10.8 Å². The van der Waals surface area contributed by atoms with Crippen LogP contribution >= 0.6 is 0 Å².